The highest BCUT2D eigenvalue weighted by atomic mass is 19.1. The molecule has 29 heavy (non-hydrogen) atoms. The van der Waals surface area contributed by atoms with Crippen LogP contribution >= 0.6 is 0 Å². The van der Waals surface area contributed by atoms with Crippen molar-refractivity contribution in [2.75, 3.05) is 0 Å². The Bertz CT molecular complexity index is 801. The Morgan fingerprint density at radius 2 is 1.38 bits per heavy atom. The van der Waals surface area contributed by atoms with Crippen molar-refractivity contribution in [1.82, 2.24) is 4.90 Å². The molecule has 0 aromatic heterocycles. The SMILES string of the molecule is CC(C)N(Cc1ccccc1)C(C)CCc1c(C2(F)CC2)cccc1C1(F)CC1. The largest absolute Gasteiger partial charge is 0.294 e. The highest BCUT2D eigenvalue weighted by molar-refractivity contribution is 5.46. The number of rotatable bonds is 9. The van der Waals surface area contributed by atoms with Crippen molar-refractivity contribution in [3.63, 3.8) is 0 Å². The lowest BCUT2D eigenvalue weighted by atomic mass is 9.89. The van der Waals surface area contributed by atoms with Crippen LogP contribution in [0.3, 0.4) is 0 Å². The van der Waals surface area contributed by atoms with Gasteiger partial charge in [0.15, 0.2) is 0 Å². The maximum Gasteiger partial charge on any atom is 0.136 e. The molecule has 0 amide bonds. The van der Waals surface area contributed by atoms with Gasteiger partial charge < -0.3 is 0 Å². The number of hydrogen-bond donors (Lipinski definition) is 0. The third-order valence-corrected chi connectivity index (χ3v) is 6.77. The van der Waals surface area contributed by atoms with E-state index in [1.807, 2.05) is 24.3 Å². The third kappa shape index (κ3) is 4.40. The predicted molar refractivity (Wildman–Crippen MR) is 115 cm³/mol. The van der Waals surface area contributed by atoms with Gasteiger partial charge in [0.25, 0.3) is 0 Å². The summed E-state index contributed by atoms with van der Waals surface area (Å²) in [6, 6.07) is 16.9. The summed E-state index contributed by atoms with van der Waals surface area (Å²) in [6.45, 7) is 7.59. The van der Waals surface area contributed by atoms with Crippen LogP contribution in [0.4, 0.5) is 8.78 Å². The molecular weight excluding hydrogens is 364 g/mol. The van der Waals surface area contributed by atoms with Crippen molar-refractivity contribution in [3.8, 4) is 0 Å². The summed E-state index contributed by atoms with van der Waals surface area (Å²) in [5, 5.41) is 0. The molecule has 0 saturated heterocycles. The van der Waals surface area contributed by atoms with Crippen molar-refractivity contribution in [1.29, 1.82) is 0 Å². The smallest absolute Gasteiger partial charge is 0.136 e. The average molecular weight is 398 g/mol. The molecule has 0 radical (unpaired) electrons. The number of hydrogen-bond acceptors (Lipinski definition) is 1. The second kappa shape index (κ2) is 7.83. The van der Waals surface area contributed by atoms with E-state index in [9.17, 15) is 0 Å². The Kier molecular flexibility index (Phi) is 5.54. The first-order valence-electron chi connectivity index (χ1n) is 11.1. The molecule has 0 heterocycles. The van der Waals surface area contributed by atoms with Crippen LogP contribution < -0.4 is 0 Å². The van der Waals surface area contributed by atoms with Crippen LogP contribution in [-0.4, -0.2) is 17.0 Å². The van der Waals surface area contributed by atoms with Gasteiger partial charge in [-0.3, -0.25) is 4.90 Å². The van der Waals surface area contributed by atoms with Gasteiger partial charge in [-0.15, -0.1) is 0 Å². The second-order valence-corrected chi connectivity index (χ2v) is 9.40. The number of alkyl halides is 2. The van der Waals surface area contributed by atoms with Crippen molar-refractivity contribution >= 4 is 0 Å². The molecule has 0 aliphatic heterocycles. The molecule has 1 unspecified atom stereocenters. The molecule has 2 aromatic rings. The minimum absolute atomic E-state index is 0.334. The first kappa shape index (κ1) is 20.5. The van der Waals surface area contributed by atoms with Gasteiger partial charge in [-0.2, -0.15) is 0 Å². The molecule has 2 saturated carbocycles. The first-order chi connectivity index (χ1) is 13.8. The normalized spacial score (nSPS) is 20.1. The van der Waals surface area contributed by atoms with E-state index in [0.717, 1.165) is 36.1 Å². The van der Waals surface area contributed by atoms with Crippen LogP contribution in [0.2, 0.25) is 0 Å². The van der Waals surface area contributed by atoms with Crippen molar-refractivity contribution in [2.45, 2.75) is 89.3 Å². The summed E-state index contributed by atoms with van der Waals surface area (Å²) in [4.78, 5) is 2.49. The molecule has 2 fully saturated rings. The summed E-state index contributed by atoms with van der Waals surface area (Å²) in [5.74, 6) is 0. The zero-order valence-corrected chi connectivity index (χ0v) is 17.9. The van der Waals surface area contributed by atoms with Crippen LogP contribution in [0, 0.1) is 0 Å². The Labute approximate surface area is 174 Å². The lowest BCUT2D eigenvalue weighted by molar-refractivity contribution is 0.147. The zero-order valence-electron chi connectivity index (χ0n) is 17.9. The van der Waals surface area contributed by atoms with Crippen molar-refractivity contribution in [3.05, 3.63) is 70.8 Å². The molecule has 0 N–H and O–H groups in total. The lowest BCUT2D eigenvalue weighted by Crippen LogP contribution is -2.38. The predicted octanol–water partition coefficient (Wildman–Crippen LogP) is 6.84. The quantitative estimate of drug-likeness (QED) is 0.448. The summed E-state index contributed by atoms with van der Waals surface area (Å²) in [5.41, 5.74) is 1.32. The van der Waals surface area contributed by atoms with Gasteiger partial charge in [0, 0.05) is 18.6 Å². The summed E-state index contributed by atoms with van der Waals surface area (Å²) in [6.07, 6.45) is 3.94. The Hall–Kier alpha value is -1.74. The van der Waals surface area contributed by atoms with E-state index in [1.54, 1.807) is 0 Å². The van der Waals surface area contributed by atoms with E-state index >= 15 is 8.78 Å². The monoisotopic (exact) mass is 397 g/mol. The molecule has 0 spiro atoms. The van der Waals surface area contributed by atoms with E-state index in [4.69, 9.17) is 0 Å². The fraction of sp³-hybridized carbons (Fsp3) is 0.538. The van der Waals surface area contributed by atoms with E-state index in [2.05, 4.69) is 49.9 Å². The Morgan fingerprint density at radius 3 is 1.86 bits per heavy atom. The topological polar surface area (TPSA) is 3.24 Å². The number of nitrogens with zero attached hydrogens (tertiary/aromatic N) is 1. The molecule has 1 atom stereocenters. The second-order valence-electron chi connectivity index (χ2n) is 9.40. The first-order valence-corrected chi connectivity index (χ1v) is 11.1. The van der Waals surface area contributed by atoms with Gasteiger partial charge in [-0.25, -0.2) is 8.78 Å². The van der Waals surface area contributed by atoms with Crippen LogP contribution in [0.1, 0.15) is 75.1 Å². The molecular formula is C26H33F2N. The van der Waals surface area contributed by atoms with Crippen molar-refractivity contribution < 1.29 is 8.78 Å². The standard InChI is InChI=1S/C26H33F2N/c1-19(2)29(18-21-8-5-4-6-9-21)20(3)12-13-22-23(25(27)14-15-25)10-7-11-24(22)26(28)16-17-26/h4-11,19-20H,12-18H2,1-3H3. The average Bonchev–Trinajstić information content (AvgIpc) is 3.64. The summed E-state index contributed by atoms with van der Waals surface area (Å²) in [7, 11) is 0. The molecule has 1 nitrogen and oxygen atoms in total. The van der Waals surface area contributed by atoms with E-state index in [-0.39, 0.29) is 0 Å². The lowest BCUT2D eigenvalue weighted by Gasteiger charge is -2.33. The fourth-order valence-corrected chi connectivity index (χ4v) is 4.61. The maximum atomic E-state index is 15.0. The van der Waals surface area contributed by atoms with Crippen LogP contribution in [0.25, 0.3) is 0 Å². The molecule has 156 valence electrons. The minimum Gasteiger partial charge on any atom is -0.294 e. The molecule has 2 aliphatic carbocycles. The Morgan fingerprint density at radius 1 is 0.828 bits per heavy atom. The van der Waals surface area contributed by atoms with Gasteiger partial charge in [-0.05, 0) is 81.5 Å². The number of benzene rings is 2. The molecule has 2 aliphatic rings. The maximum absolute atomic E-state index is 15.0. The summed E-state index contributed by atoms with van der Waals surface area (Å²) < 4.78 is 30.1. The zero-order chi connectivity index (χ0) is 20.6. The van der Waals surface area contributed by atoms with E-state index in [1.165, 1.54) is 5.56 Å². The molecule has 4 rings (SSSR count). The van der Waals surface area contributed by atoms with Crippen LogP contribution in [0.15, 0.2) is 48.5 Å². The van der Waals surface area contributed by atoms with Crippen molar-refractivity contribution in [2.24, 2.45) is 0 Å². The number of halogens is 2. The van der Waals surface area contributed by atoms with Gasteiger partial charge in [0.05, 0.1) is 0 Å². The highest BCUT2D eigenvalue weighted by Crippen LogP contribution is 2.56. The highest BCUT2D eigenvalue weighted by Gasteiger charge is 2.50. The van der Waals surface area contributed by atoms with Gasteiger partial charge in [0.1, 0.15) is 11.3 Å². The Balaban J connectivity index is 1.53. The van der Waals surface area contributed by atoms with Crippen LogP contribution in [-0.2, 0) is 24.3 Å². The molecule has 3 heteroatoms. The van der Waals surface area contributed by atoms with E-state index < -0.39 is 11.3 Å². The summed E-state index contributed by atoms with van der Waals surface area (Å²) >= 11 is 0. The molecule has 0 bridgehead atoms. The van der Waals surface area contributed by atoms with Gasteiger partial charge in [-0.1, -0.05) is 48.5 Å². The van der Waals surface area contributed by atoms with Crippen LogP contribution in [0.5, 0.6) is 0 Å². The van der Waals surface area contributed by atoms with Gasteiger partial charge >= 0.3 is 0 Å². The van der Waals surface area contributed by atoms with Gasteiger partial charge in [0.2, 0.25) is 0 Å². The molecule has 2 aromatic carbocycles. The fourth-order valence-electron chi connectivity index (χ4n) is 4.61. The third-order valence-electron chi connectivity index (χ3n) is 6.77. The van der Waals surface area contributed by atoms with E-state index in [0.29, 0.717) is 37.8 Å². The minimum atomic E-state index is -1.22.